The van der Waals surface area contributed by atoms with Crippen LogP contribution in [0, 0.1) is 5.41 Å². The molecule has 0 aliphatic carbocycles. The third-order valence-corrected chi connectivity index (χ3v) is 4.27. The van der Waals surface area contributed by atoms with Crippen LogP contribution in [0.5, 0.6) is 0 Å². The van der Waals surface area contributed by atoms with Gasteiger partial charge in [-0.25, -0.2) is 0 Å². The molecular formula is C14H28N2O. The zero-order valence-corrected chi connectivity index (χ0v) is 11.8. The molecule has 2 heterocycles. The van der Waals surface area contributed by atoms with Crippen molar-refractivity contribution in [2.24, 2.45) is 5.41 Å². The summed E-state index contributed by atoms with van der Waals surface area (Å²) in [5.74, 6) is 0. The van der Waals surface area contributed by atoms with Crippen molar-refractivity contribution in [1.82, 2.24) is 10.2 Å². The molecule has 2 fully saturated rings. The first-order valence-electron chi connectivity index (χ1n) is 7.08. The average molecular weight is 240 g/mol. The molecule has 0 radical (unpaired) electrons. The van der Waals surface area contributed by atoms with Crippen molar-refractivity contribution in [3.8, 4) is 0 Å². The normalized spacial score (nSPS) is 39.2. The Kier molecular flexibility index (Phi) is 4.11. The zero-order chi connectivity index (χ0) is 12.5. The molecule has 2 aliphatic rings. The fourth-order valence-corrected chi connectivity index (χ4v) is 3.27. The van der Waals surface area contributed by atoms with E-state index in [-0.39, 0.29) is 0 Å². The molecule has 1 N–H and O–H groups in total. The van der Waals surface area contributed by atoms with Gasteiger partial charge in [0.05, 0.1) is 12.2 Å². The van der Waals surface area contributed by atoms with Crippen molar-refractivity contribution < 1.29 is 4.74 Å². The quantitative estimate of drug-likeness (QED) is 0.797. The minimum atomic E-state index is 0.380. The van der Waals surface area contributed by atoms with E-state index in [2.05, 4.69) is 37.9 Å². The lowest BCUT2D eigenvalue weighted by atomic mass is 9.77. The molecule has 3 nitrogen and oxygen atoms in total. The van der Waals surface area contributed by atoms with Crippen molar-refractivity contribution >= 4 is 0 Å². The zero-order valence-electron chi connectivity index (χ0n) is 11.8. The van der Waals surface area contributed by atoms with Crippen molar-refractivity contribution in [1.29, 1.82) is 0 Å². The summed E-state index contributed by atoms with van der Waals surface area (Å²) < 4.78 is 5.80. The molecule has 3 unspecified atom stereocenters. The van der Waals surface area contributed by atoms with E-state index in [4.69, 9.17) is 4.74 Å². The van der Waals surface area contributed by atoms with Gasteiger partial charge in [-0.15, -0.1) is 0 Å². The predicted molar refractivity (Wildman–Crippen MR) is 71.3 cm³/mol. The Balaban J connectivity index is 1.90. The van der Waals surface area contributed by atoms with Crippen LogP contribution in [0.1, 0.15) is 40.5 Å². The highest BCUT2D eigenvalue weighted by atomic mass is 16.5. The SMILES string of the molecule is CC1CN(CC2NCCCC2(C)C)CC(C)O1. The first-order chi connectivity index (χ1) is 7.97. The highest BCUT2D eigenvalue weighted by molar-refractivity contribution is 4.91. The maximum absolute atomic E-state index is 5.80. The molecule has 0 amide bonds. The molecule has 0 saturated carbocycles. The fraction of sp³-hybridized carbons (Fsp3) is 1.00. The standard InChI is InChI=1S/C14H28N2O/c1-11-8-16(9-12(2)17-11)10-13-14(3,4)6-5-7-15-13/h11-13,15H,5-10H2,1-4H3. The lowest BCUT2D eigenvalue weighted by Gasteiger charge is -2.44. The summed E-state index contributed by atoms with van der Waals surface area (Å²) in [5, 5.41) is 3.70. The Bertz CT molecular complexity index is 245. The summed E-state index contributed by atoms with van der Waals surface area (Å²) in [4.78, 5) is 2.57. The van der Waals surface area contributed by atoms with Crippen LogP contribution in [0.2, 0.25) is 0 Å². The highest BCUT2D eigenvalue weighted by Crippen LogP contribution is 2.30. The maximum Gasteiger partial charge on any atom is 0.0678 e. The monoisotopic (exact) mass is 240 g/mol. The van der Waals surface area contributed by atoms with E-state index in [9.17, 15) is 0 Å². The van der Waals surface area contributed by atoms with Crippen LogP contribution in [0.3, 0.4) is 0 Å². The van der Waals surface area contributed by atoms with Crippen LogP contribution < -0.4 is 5.32 Å². The van der Waals surface area contributed by atoms with Crippen LogP contribution in [0.15, 0.2) is 0 Å². The first kappa shape index (κ1) is 13.3. The summed E-state index contributed by atoms with van der Waals surface area (Å²) >= 11 is 0. The van der Waals surface area contributed by atoms with Gasteiger partial charge in [0.15, 0.2) is 0 Å². The second-order valence-corrected chi connectivity index (χ2v) is 6.57. The van der Waals surface area contributed by atoms with Gasteiger partial charge >= 0.3 is 0 Å². The number of morpholine rings is 1. The maximum atomic E-state index is 5.80. The highest BCUT2D eigenvalue weighted by Gasteiger charge is 2.34. The number of nitrogens with one attached hydrogen (secondary N) is 1. The van der Waals surface area contributed by atoms with Gasteiger partial charge in [0.2, 0.25) is 0 Å². The Hall–Kier alpha value is -0.120. The van der Waals surface area contributed by atoms with E-state index in [0.717, 1.165) is 13.1 Å². The van der Waals surface area contributed by atoms with Gasteiger partial charge in [0.25, 0.3) is 0 Å². The smallest absolute Gasteiger partial charge is 0.0678 e. The molecule has 2 saturated heterocycles. The topological polar surface area (TPSA) is 24.5 Å². The summed E-state index contributed by atoms with van der Waals surface area (Å²) in [6.07, 6.45) is 3.43. The number of hydrogen-bond acceptors (Lipinski definition) is 3. The number of ether oxygens (including phenoxy) is 1. The van der Waals surface area contributed by atoms with Crippen LogP contribution in [-0.2, 0) is 4.74 Å². The van der Waals surface area contributed by atoms with Crippen LogP contribution >= 0.6 is 0 Å². The van der Waals surface area contributed by atoms with Crippen LogP contribution in [0.25, 0.3) is 0 Å². The lowest BCUT2D eigenvalue weighted by Crippen LogP contribution is -2.56. The Labute approximate surface area is 106 Å². The van der Waals surface area contributed by atoms with Crippen LogP contribution in [-0.4, -0.2) is 49.3 Å². The van der Waals surface area contributed by atoms with Gasteiger partial charge in [0.1, 0.15) is 0 Å². The minimum absolute atomic E-state index is 0.380. The molecular weight excluding hydrogens is 212 g/mol. The second kappa shape index (κ2) is 5.25. The van der Waals surface area contributed by atoms with Gasteiger partial charge in [-0.1, -0.05) is 13.8 Å². The predicted octanol–water partition coefficient (Wildman–Crippen LogP) is 1.87. The molecule has 3 heteroatoms. The van der Waals surface area contributed by atoms with Crippen molar-refractivity contribution in [3.63, 3.8) is 0 Å². The van der Waals surface area contributed by atoms with E-state index in [0.29, 0.717) is 23.7 Å². The van der Waals surface area contributed by atoms with Gasteiger partial charge in [-0.05, 0) is 38.6 Å². The minimum Gasteiger partial charge on any atom is -0.373 e. The molecule has 0 aromatic rings. The van der Waals surface area contributed by atoms with Crippen molar-refractivity contribution in [2.45, 2.75) is 58.8 Å². The van der Waals surface area contributed by atoms with Gasteiger partial charge in [-0.3, -0.25) is 4.90 Å². The van der Waals surface area contributed by atoms with E-state index < -0.39 is 0 Å². The van der Waals surface area contributed by atoms with E-state index in [1.807, 2.05) is 0 Å². The Morgan fingerprint density at radius 3 is 2.47 bits per heavy atom. The number of rotatable bonds is 2. The van der Waals surface area contributed by atoms with Crippen LogP contribution in [0.4, 0.5) is 0 Å². The molecule has 0 aromatic heterocycles. The number of hydrogen-bond donors (Lipinski definition) is 1. The van der Waals surface area contributed by atoms with Gasteiger partial charge in [-0.2, -0.15) is 0 Å². The molecule has 0 bridgehead atoms. The molecule has 2 rings (SSSR count). The molecule has 2 aliphatic heterocycles. The van der Waals surface area contributed by atoms with Gasteiger partial charge in [0, 0.05) is 25.7 Å². The Morgan fingerprint density at radius 2 is 1.88 bits per heavy atom. The molecule has 0 spiro atoms. The molecule has 0 aromatic carbocycles. The van der Waals surface area contributed by atoms with Gasteiger partial charge < -0.3 is 10.1 Å². The summed E-state index contributed by atoms with van der Waals surface area (Å²) in [5.41, 5.74) is 0.434. The lowest BCUT2D eigenvalue weighted by molar-refractivity contribution is -0.0739. The third kappa shape index (κ3) is 3.43. The summed E-state index contributed by atoms with van der Waals surface area (Å²) in [7, 11) is 0. The fourth-order valence-electron chi connectivity index (χ4n) is 3.27. The summed E-state index contributed by atoms with van der Waals surface area (Å²) in [6.45, 7) is 13.7. The van der Waals surface area contributed by atoms with E-state index in [1.54, 1.807) is 0 Å². The number of piperidine rings is 1. The van der Waals surface area contributed by atoms with Crippen molar-refractivity contribution in [2.75, 3.05) is 26.2 Å². The average Bonchev–Trinajstić information content (AvgIpc) is 2.19. The van der Waals surface area contributed by atoms with E-state index in [1.165, 1.54) is 25.9 Å². The van der Waals surface area contributed by atoms with E-state index >= 15 is 0 Å². The molecule has 17 heavy (non-hydrogen) atoms. The molecule has 3 atom stereocenters. The number of nitrogens with zero attached hydrogens (tertiary/aromatic N) is 1. The third-order valence-electron chi connectivity index (χ3n) is 4.27. The Morgan fingerprint density at radius 1 is 1.24 bits per heavy atom. The summed E-state index contributed by atoms with van der Waals surface area (Å²) in [6, 6.07) is 0.633. The largest absolute Gasteiger partial charge is 0.373 e. The first-order valence-corrected chi connectivity index (χ1v) is 7.08. The molecule has 100 valence electrons. The second-order valence-electron chi connectivity index (χ2n) is 6.57. The van der Waals surface area contributed by atoms with Crippen molar-refractivity contribution in [3.05, 3.63) is 0 Å².